The van der Waals surface area contributed by atoms with Crippen LogP contribution in [-0.2, 0) is 17.8 Å². The van der Waals surface area contributed by atoms with Gasteiger partial charge in [0, 0.05) is 18.0 Å². The van der Waals surface area contributed by atoms with E-state index in [-0.39, 0.29) is 11.7 Å². The summed E-state index contributed by atoms with van der Waals surface area (Å²) in [5.74, 6) is -0.315. The number of carbonyl (C=O) groups excluding carboxylic acids is 1. The van der Waals surface area contributed by atoms with E-state index in [9.17, 15) is 9.18 Å². The molecule has 0 fully saturated rings. The third-order valence-corrected chi connectivity index (χ3v) is 3.23. The summed E-state index contributed by atoms with van der Waals surface area (Å²) < 4.78 is 12.9. The van der Waals surface area contributed by atoms with E-state index in [0.29, 0.717) is 19.4 Å². The maximum absolute atomic E-state index is 12.9. The summed E-state index contributed by atoms with van der Waals surface area (Å²) in [6.45, 7) is 0.458. The molecule has 0 aliphatic heterocycles. The topological polar surface area (TPSA) is 42.0 Å². The molecule has 0 bridgehead atoms. The molecule has 2 rings (SSSR count). The number of nitrogens with zero attached hydrogens (tertiary/aromatic N) is 1. The minimum atomic E-state index is -0.268. The summed E-state index contributed by atoms with van der Waals surface area (Å²) in [5.41, 5.74) is 0.833. The quantitative estimate of drug-likeness (QED) is 0.901. The number of thiazole rings is 1. The van der Waals surface area contributed by atoms with E-state index < -0.39 is 0 Å². The van der Waals surface area contributed by atoms with Gasteiger partial charge in [0.15, 0.2) is 0 Å². The minimum absolute atomic E-state index is 0.0468. The highest BCUT2D eigenvalue weighted by Gasteiger charge is 2.04. The highest BCUT2D eigenvalue weighted by atomic mass is 32.1. The molecule has 18 heavy (non-hydrogen) atoms. The summed E-state index contributed by atoms with van der Waals surface area (Å²) in [6, 6.07) is 6.31. The van der Waals surface area contributed by atoms with Gasteiger partial charge >= 0.3 is 0 Å². The molecular weight excluding hydrogens is 251 g/mol. The van der Waals surface area contributed by atoms with Gasteiger partial charge in [-0.15, -0.1) is 11.3 Å². The molecule has 94 valence electrons. The highest BCUT2D eigenvalue weighted by Crippen LogP contribution is 2.07. The zero-order chi connectivity index (χ0) is 12.8. The van der Waals surface area contributed by atoms with Crippen LogP contribution in [0.25, 0.3) is 0 Å². The highest BCUT2D eigenvalue weighted by molar-refractivity contribution is 7.09. The first-order valence-electron chi connectivity index (χ1n) is 5.63. The summed E-state index contributed by atoms with van der Waals surface area (Å²) in [4.78, 5) is 15.6. The van der Waals surface area contributed by atoms with Crippen LogP contribution in [0.1, 0.15) is 17.0 Å². The number of carbonyl (C=O) groups is 1. The Hall–Kier alpha value is -1.75. The second-order valence-corrected chi connectivity index (χ2v) is 4.81. The first-order valence-corrected chi connectivity index (χ1v) is 6.51. The minimum Gasteiger partial charge on any atom is -0.350 e. The average molecular weight is 264 g/mol. The Morgan fingerprint density at radius 3 is 3.06 bits per heavy atom. The third kappa shape index (κ3) is 3.92. The van der Waals surface area contributed by atoms with E-state index in [2.05, 4.69) is 10.3 Å². The van der Waals surface area contributed by atoms with Crippen LogP contribution in [0.4, 0.5) is 4.39 Å². The molecule has 1 amide bonds. The van der Waals surface area contributed by atoms with E-state index in [1.54, 1.807) is 12.3 Å². The molecule has 1 N–H and O–H groups in total. The van der Waals surface area contributed by atoms with Crippen LogP contribution < -0.4 is 5.32 Å². The standard InChI is InChI=1S/C13H13FN2OS/c14-11-3-1-2-10(8-11)4-5-12(17)16-9-13-15-6-7-18-13/h1-3,6-8H,4-5,9H2,(H,16,17). The Morgan fingerprint density at radius 1 is 1.44 bits per heavy atom. The lowest BCUT2D eigenvalue weighted by atomic mass is 10.1. The number of hydrogen-bond acceptors (Lipinski definition) is 3. The van der Waals surface area contributed by atoms with E-state index in [1.807, 2.05) is 11.4 Å². The van der Waals surface area contributed by atoms with Crippen LogP contribution in [0, 0.1) is 5.82 Å². The molecule has 0 spiro atoms. The Labute approximate surface area is 109 Å². The lowest BCUT2D eigenvalue weighted by Crippen LogP contribution is -2.22. The van der Waals surface area contributed by atoms with Crippen molar-refractivity contribution in [2.45, 2.75) is 19.4 Å². The molecule has 0 aliphatic carbocycles. The molecule has 1 heterocycles. The lowest BCUT2D eigenvalue weighted by molar-refractivity contribution is -0.121. The summed E-state index contributed by atoms with van der Waals surface area (Å²) in [5, 5.41) is 5.54. The van der Waals surface area contributed by atoms with Crippen molar-refractivity contribution in [3.63, 3.8) is 0 Å². The van der Waals surface area contributed by atoms with Gasteiger partial charge in [0.1, 0.15) is 10.8 Å². The zero-order valence-electron chi connectivity index (χ0n) is 9.73. The number of benzene rings is 1. The van der Waals surface area contributed by atoms with Gasteiger partial charge in [-0.05, 0) is 24.1 Å². The molecular formula is C13H13FN2OS. The van der Waals surface area contributed by atoms with Crippen LogP contribution in [0.3, 0.4) is 0 Å². The van der Waals surface area contributed by atoms with E-state index >= 15 is 0 Å². The van der Waals surface area contributed by atoms with E-state index in [1.165, 1.54) is 23.5 Å². The van der Waals surface area contributed by atoms with Crippen LogP contribution in [0.5, 0.6) is 0 Å². The molecule has 5 heteroatoms. The summed E-state index contributed by atoms with van der Waals surface area (Å²) in [6.07, 6.45) is 2.61. The van der Waals surface area contributed by atoms with Crippen molar-refractivity contribution in [3.05, 3.63) is 52.2 Å². The predicted octanol–water partition coefficient (Wildman–Crippen LogP) is 2.53. The van der Waals surface area contributed by atoms with E-state index in [0.717, 1.165) is 10.6 Å². The first-order chi connectivity index (χ1) is 8.74. The van der Waals surface area contributed by atoms with Gasteiger partial charge in [-0.3, -0.25) is 4.79 Å². The first kappa shape index (κ1) is 12.7. The Morgan fingerprint density at radius 2 is 2.33 bits per heavy atom. The molecule has 0 unspecified atom stereocenters. The maximum Gasteiger partial charge on any atom is 0.220 e. The summed E-state index contributed by atoms with van der Waals surface area (Å²) in [7, 11) is 0. The number of amides is 1. The number of rotatable bonds is 5. The molecule has 1 aromatic heterocycles. The van der Waals surface area contributed by atoms with Gasteiger partial charge in [0.2, 0.25) is 5.91 Å². The Kier molecular flexibility index (Phi) is 4.41. The van der Waals surface area contributed by atoms with Crippen molar-refractivity contribution in [1.82, 2.24) is 10.3 Å². The number of nitrogens with one attached hydrogen (secondary N) is 1. The van der Waals surface area contributed by atoms with Crippen molar-refractivity contribution in [2.24, 2.45) is 0 Å². The molecule has 1 aromatic carbocycles. The molecule has 0 radical (unpaired) electrons. The fourth-order valence-corrected chi connectivity index (χ4v) is 2.11. The third-order valence-electron chi connectivity index (χ3n) is 2.45. The molecule has 0 saturated carbocycles. The van der Waals surface area contributed by atoms with Crippen molar-refractivity contribution < 1.29 is 9.18 Å². The molecule has 0 saturated heterocycles. The van der Waals surface area contributed by atoms with Crippen LogP contribution >= 0.6 is 11.3 Å². The smallest absolute Gasteiger partial charge is 0.220 e. The molecule has 0 aliphatic rings. The van der Waals surface area contributed by atoms with Gasteiger partial charge in [-0.1, -0.05) is 12.1 Å². The number of aromatic nitrogens is 1. The number of halogens is 1. The predicted molar refractivity (Wildman–Crippen MR) is 68.7 cm³/mol. The fraction of sp³-hybridized carbons (Fsp3) is 0.231. The van der Waals surface area contributed by atoms with E-state index in [4.69, 9.17) is 0 Å². The van der Waals surface area contributed by atoms with Gasteiger partial charge in [0.05, 0.1) is 6.54 Å². The normalized spacial score (nSPS) is 10.3. The van der Waals surface area contributed by atoms with Gasteiger partial charge in [-0.25, -0.2) is 9.37 Å². The number of aryl methyl sites for hydroxylation is 1. The summed E-state index contributed by atoms with van der Waals surface area (Å²) >= 11 is 1.51. The monoisotopic (exact) mass is 264 g/mol. The van der Waals surface area contributed by atoms with Crippen LogP contribution in [0.15, 0.2) is 35.8 Å². The second kappa shape index (κ2) is 6.26. The molecule has 3 nitrogen and oxygen atoms in total. The van der Waals surface area contributed by atoms with Gasteiger partial charge in [0.25, 0.3) is 0 Å². The van der Waals surface area contributed by atoms with Crippen molar-refractivity contribution in [1.29, 1.82) is 0 Å². The number of hydrogen-bond donors (Lipinski definition) is 1. The SMILES string of the molecule is O=C(CCc1cccc(F)c1)NCc1nccs1. The zero-order valence-corrected chi connectivity index (χ0v) is 10.5. The van der Waals surface area contributed by atoms with Crippen LogP contribution in [-0.4, -0.2) is 10.9 Å². The van der Waals surface area contributed by atoms with Crippen molar-refractivity contribution in [2.75, 3.05) is 0 Å². The van der Waals surface area contributed by atoms with Gasteiger partial charge in [-0.2, -0.15) is 0 Å². The average Bonchev–Trinajstić information content (AvgIpc) is 2.87. The Balaban J connectivity index is 1.75. The molecule has 0 atom stereocenters. The largest absolute Gasteiger partial charge is 0.350 e. The maximum atomic E-state index is 12.9. The second-order valence-electron chi connectivity index (χ2n) is 3.83. The lowest BCUT2D eigenvalue weighted by Gasteiger charge is -2.03. The van der Waals surface area contributed by atoms with Crippen molar-refractivity contribution >= 4 is 17.2 Å². The fourth-order valence-electron chi connectivity index (χ4n) is 1.55. The van der Waals surface area contributed by atoms with Gasteiger partial charge < -0.3 is 5.32 Å². The van der Waals surface area contributed by atoms with Crippen LogP contribution in [0.2, 0.25) is 0 Å². The van der Waals surface area contributed by atoms with Crippen molar-refractivity contribution in [3.8, 4) is 0 Å². The Bertz CT molecular complexity index is 513. The molecule has 2 aromatic rings.